The van der Waals surface area contributed by atoms with Crippen molar-refractivity contribution in [2.45, 2.75) is 13.0 Å². The highest BCUT2D eigenvalue weighted by Gasteiger charge is 2.34. The van der Waals surface area contributed by atoms with E-state index < -0.39 is 13.6 Å². The maximum Gasteiger partial charge on any atom is 0.357 e. The van der Waals surface area contributed by atoms with E-state index in [1.807, 2.05) is 30.3 Å². The highest BCUT2D eigenvalue weighted by atomic mass is 31.2. The van der Waals surface area contributed by atoms with Gasteiger partial charge in [-0.05, 0) is 5.56 Å². The van der Waals surface area contributed by atoms with E-state index >= 15 is 0 Å². The minimum Gasteiger partial charge on any atom is -0.461 e. The van der Waals surface area contributed by atoms with Crippen LogP contribution >= 0.6 is 7.60 Å². The van der Waals surface area contributed by atoms with Crippen LogP contribution in [0.1, 0.15) is 12.0 Å². The monoisotopic (exact) mass is 282 g/mol. The molecule has 102 valence electrons. The first kappa shape index (κ1) is 14.0. The second-order valence-electron chi connectivity index (χ2n) is 4.05. The van der Waals surface area contributed by atoms with Crippen molar-refractivity contribution in [1.82, 2.24) is 0 Å². The van der Waals surface area contributed by atoms with Crippen molar-refractivity contribution in [2.75, 3.05) is 13.2 Å². The summed E-state index contributed by atoms with van der Waals surface area (Å²) < 4.78 is 27.0. The number of rotatable bonds is 5. The third-order valence-electron chi connectivity index (χ3n) is 2.58. The lowest BCUT2D eigenvalue weighted by molar-refractivity contribution is -0.144. The zero-order chi connectivity index (χ0) is 13.7. The third kappa shape index (κ3) is 3.77. The Morgan fingerprint density at radius 1 is 1.26 bits per heavy atom. The molecule has 0 unspecified atom stereocenters. The number of hydrogen-bond donors (Lipinski definition) is 0. The number of carbonyl (C=O) groups is 1. The van der Waals surface area contributed by atoms with Crippen LogP contribution in [0.15, 0.2) is 42.2 Å². The molecule has 6 heteroatoms. The number of hydrogen-bond acceptors (Lipinski definition) is 5. The van der Waals surface area contributed by atoms with Crippen LogP contribution in [0.3, 0.4) is 0 Å². The molecule has 0 amide bonds. The molecule has 1 aromatic rings. The molecule has 0 radical (unpaired) electrons. The van der Waals surface area contributed by atoms with Crippen LogP contribution in [-0.4, -0.2) is 19.2 Å². The fourth-order valence-electron chi connectivity index (χ4n) is 1.59. The Morgan fingerprint density at radius 2 is 1.89 bits per heavy atom. The number of benzene rings is 1. The SMILES string of the molecule is C=C(CC(=O)OCc1ccccc1)P1(=O)OCCO1. The van der Waals surface area contributed by atoms with Crippen molar-refractivity contribution in [3.05, 3.63) is 47.8 Å². The first-order valence-electron chi connectivity index (χ1n) is 5.87. The van der Waals surface area contributed by atoms with Gasteiger partial charge in [-0.1, -0.05) is 36.9 Å². The predicted molar refractivity (Wildman–Crippen MR) is 69.5 cm³/mol. The highest BCUT2D eigenvalue weighted by Crippen LogP contribution is 2.59. The van der Waals surface area contributed by atoms with Gasteiger partial charge in [-0.2, -0.15) is 0 Å². The maximum absolute atomic E-state index is 12.0. The van der Waals surface area contributed by atoms with E-state index in [9.17, 15) is 9.36 Å². The van der Waals surface area contributed by atoms with Crippen molar-refractivity contribution >= 4 is 13.6 Å². The van der Waals surface area contributed by atoms with Gasteiger partial charge in [-0.25, -0.2) is 0 Å². The molecule has 0 aromatic heterocycles. The molecule has 0 atom stereocenters. The van der Waals surface area contributed by atoms with E-state index in [4.69, 9.17) is 13.8 Å². The van der Waals surface area contributed by atoms with Gasteiger partial charge in [0.05, 0.1) is 19.6 Å². The van der Waals surface area contributed by atoms with Gasteiger partial charge in [0.1, 0.15) is 6.61 Å². The minimum atomic E-state index is -3.31. The van der Waals surface area contributed by atoms with Crippen molar-refractivity contribution in [1.29, 1.82) is 0 Å². The highest BCUT2D eigenvalue weighted by molar-refractivity contribution is 7.58. The Kier molecular flexibility index (Phi) is 4.53. The Hall–Kier alpha value is -1.42. The Balaban J connectivity index is 1.81. The smallest absolute Gasteiger partial charge is 0.357 e. The molecule has 5 nitrogen and oxygen atoms in total. The normalized spacial score (nSPS) is 17.1. The summed E-state index contributed by atoms with van der Waals surface area (Å²) in [5.74, 6) is -0.497. The quantitative estimate of drug-likeness (QED) is 0.614. The molecule has 1 fully saturated rings. The van der Waals surface area contributed by atoms with Crippen molar-refractivity contribution in [3.8, 4) is 0 Å². The second kappa shape index (κ2) is 6.15. The van der Waals surface area contributed by atoms with Crippen molar-refractivity contribution in [2.24, 2.45) is 0 Å². The van der Waals surface area contributed by atoms with E-state index in [0.717, 1.165) is 5.56 Å². The molecule has 1 saturated heterocycles. The lowest BCUT2D eigenvalue weighted by Crippen LogP contribution is -2.06. The topological polar surface area (TPSA) is 61.8 Å². The van der Waals surface area contributed by atoms with E-state index in [0.29, 0.717) is 0 Å². The van der Waals surface area contributed by atoms with Gasteiger partial charge < -0.3 is 13.8 Å². The molecular formula is C13H15O5P. The molecule has 0 aliphatic carbocycles. The summed E-state index contributed by atoms with van der Waals surface area (Å²) in [6.07, 6.45) is -0.163. The first-order chi connectivity index (χ1) is 9.10. The molecule has 1 aliphatic rings. The number of carbonyl (C=O) groups excluding carboxylic acids is 1. The maximum atomic E-state index is 12.0. The number of esters is 1. The summed E-state index contributed by atoms with van der Waals surface area (Å²) >= 11 is 0. The molecule has 0 saturated carbocycles. The average molecular weight is 282 g/mol. The van der Waals surface area contributed by atoms with Gasteiger partial charge >= 0.3 is 13.6 Å². The molecule has 2 rings (SSSR count). The van der Waals surface area contributed by atoms with Crippen LogP contribution in [0.5, 0.6) is 0 Å². The summed E-state index contributed by atoms with van der Waals surface area (Å²) in [5.41, 5.74) is 0.890. The fraction of sp³-hybridized carbons (Fsp3) is 0.308. The predicted octanol–water partition coefficient (Wildman–Crippen LogP) is 2.87. The van der Waals surface area contributed by atoms with Gasteiger partial charge in [-0.15, -0.1) is 0 Å². The summed E-state index contributed by atoms with van der Waals surface area (Å²) in [6, 6.07) is 9.31. The van der Waals surface area contributed by atoms with Gasteiger partial charge in [0.25, 0.3) is 0 Å². The molecule has 1 heterocycles. The largest absolute Gasteiger partial charge is 0.461 e. The molecular weight excluding hydrogens is 267 g/mol. The molecule has 0 N–H and O–H groups in total. The van der Waals surface area contributed by atoms with Crippen LogP contribution in [0.25, 0.3) is 0 Å². The fourth-order valence-corrected chi connectivity index (χ4v) is 2.98. The Bertz CT molecular complexity index is 501. The molecule has 1 aliphatic heterocycles. The lowest BCUT2D eigenvalue weighted by atomic mass is 10.2. The van der Waals surface area contributed by atoms with Gasteiger partial charge in [0.2, 0.25) is 0 Å². The van der Waals surface area contributed by atoms with Crippen LogP contribution in [0.4, 0.5) is 0 Å². The number of ether oxygens (including phenoxy) is 1. The van der Waals surface area contributed by atoms with Crippen LogP contribution in [-0.2, 0) is 29.8 Å². The molecule has 0 bridgehead atoms. The standard InChI is InChI=1S/C13H15O5P/c1-11(19(15)17-7-8-18-19)9-13(14)16-10-12-5-3-2-4-6-12/h2-6H,1,7-10H2. The van der Waals surface area contributed by atoms with Gasteiger partial charge in [-0.3, -0.25) is 9.36 Å². The third-order valence-corrected chi connectivity index (χ3v) is 4.56. The lowest BCUT2D eigenvalue weighted by Gasteiger charge is -2.12. The minimum absolute atomic E-state index is 0.142. The van der Waals surface area contributed by atoms with Crippen molar-refractivity contribution in [3.63, 3.8) is 0 Å². The molecule has 19 heavy (non-hydrogen) atoms. The zero-order valence-electron chi connectivity index (χ0n) is 10.4. The Labute approximate surface area is 111 Å². The summed E-state index contributed by atoms with van der Waals surface area (Å²) in [6.45, 7) is 4.29. The van der Waals surface area contributed by atoms with E-state index in [-0.39, 0.29) is 31.6 Å². The Morgan fingerprint density at radius 3 is 2.53 bits per heavy atom. The summed E-state index contributed by atoms with van der Waals surface area (Å²) in [5, 5.41) is 0.142. The van der Waals surface area contributed by atoms with Crippen molar-refractivity contribution < 1.29 is 23.1 Å². The van der Waals surface area contributed by atoms with Gasteiger partial charge in [0, 0.05) is 5.31 Å². The van der Waals surface area contributed by atoms with Crippen LogP contribution in [0.2, 0.25) is 0 Å². The first-order valence-corrected chi connectivity index (χ1v) is 7.41. The second-order valence-corrected chi connectivity index (χ2v) is 6.20. The zero-order valence-corrected chi connectivity index (χ0v) is 11.3. The molecule has 0 spiro atoms. The van der Waals surface area contributed by atoms with Crippen LogP contribution in [0, 0.1) is 0 Å². The van der Waals surface area contributed by atoms with Gasteiger partial charge in [0.15, 0.2) is 0 Å². The van der Waals surface area contributed by atoms with Crippen LogP contribution < -0.4 is 0 Å². The molecule has 1 aromatic carbocycles. The summed E-state index contributed by atoms with van der Waals surface area (Å²) in [7, 11) is -3.31. The van der Waals surface area contributed by atoms with E-state index in [1.54, 1.807) is 0 Å². The van der Waals surface area contributed by atoms with E-state index in [2.05, 4.69) is 6.58 Å². The van der Waals surface area contributed by atoms with E-state index in [1.165, 1.54) is 0 Å². The summed E-state index contributed by atoms with van der Waals surface area (Å²) in [4.78, 5) is 11.6. The average Bonchev–Trinajstić information content (AvgIpc) is 2.86.